The van der Waals surface area contributed by atoms with Gasteiger partial charge in [0.1, 0.15) is 24.6 Å². The Hall–Kier alpha value is -3.12. The van der Waals surface area contributed by atoms with Crippen molar-refractivity contribution in [1.82, 2.24) is 19.5 Å². The molecule has 32 heavy (non-hydrogen) atoms. The van der Waals surface area contributed by atoms with E-state index in [1.165, 1.54) is 35.8 Å². The number of ether oxygens (including phenoxy) is 1. The zero-order chi connectivity index (χ0) is 22.1. The second-order valence-electron chi connectivity index (χ2n) is 7.93. The predicted molar refractivity (Wildman–Crippen MR) is 117 cm³/mol. The zero-order valence-electron chi connectivity index (χ0n) is 17.3. The van der Waals surface area contributed by atoms with Gasteiger partial charge < -0.3 is 25.0 Å². The first-order valence-electron chi connectivity index (χ1n) is 10.6. The smallest absolute Gasteiger partial charge is 0.177 e. The number of aliphatic hydroxyl groups is 3. The molecule has 1 aromatic carbocycles. The van der Waals surface area contributed by atoms with Gasteiger partial charge in [0, 0.05) is 18.8 Å². The normalized spacial score (nSPS) is 25.9. The van der Waals surface area contributed by atoms with Crippen LogP contribution >= 0.6 is 0 Å². The average Bonchev–Trinajstić information content (AvgIpc) is 3.55. The minimum absolute atomic E-state index is 0.394. The Morgan fingerprint density at radius 1 is 1.09 bits per heavy atom. The van der Waals surface area contributed by atoms with E-state index in [4.69, 9.17) is 4.74 Å². The predicted octanol–water partition coefficient (Wildman–Crippen LogP) is 0.484. The molecule has 2 aromatic heterocycles. The fraction of sp³-hybridized carbons (Fsp3) is 0.429. The van der Waals surface area contributed by atoms with Gasteiger partial charge in [0.2, 0.25) is 0 Å². The number of rotatable bonds is 6. The van der Waals surface area contributed by atoms with E-state index in [1.54, 1.807) is 6.21 Å². The van der Waals surface area contributed by atoms with Crippen LogP contribution in [0.15, 0.2) is 42.0 Å². The highest BCUT2D eigenvalue weighted by molar-refractivity contribution is 5.85. The van der Waals surface area contributed by atoms with Crippen molar-refractivity contribution in [3.05, 3.63) is 42.5 Å². The average molecular weight is 439 g/mol. The third-order valence-electron chi connectivity index (χ3n) is 5.90. The first-order chi connectivity index (χ1) is 15.7. The van der Waals surface area contributed by atoms with Gasteiger partial charge in [-0.1, -0.05) is 12.1 Å². The minimum atomic E-state index is -1.22. The number of fused-ring (bicyclic) bond motifs is 1. The summed E-state index contributed by atoms with van der Waals surface area (Å²) in [6, 6.07) is 8.23. The molecule has 1 unspecified atom stereocenters. The molecule has 2 saturated heterocycles. The van der Waals surface area contributed by atoms with E-state index in [9.17, 15) is 15.3 Å². The number of anilines is 2. The van der Waals surface area contributed by atoms with E-state index in [-0.39, 0.29) is 0 Å². The van der Waals surface area contributed by atoms with Crippen molar-refractivity contribution in [2.45, 2.75) is 37.4 Å². The molecule has 0 aliphatic carbocycles. The molecule has 2 fully saturated rings. The van der Waals surface area contributed by atoms with Gasteiger partial charge in [0.15, 0.2) is 23.2 Å². The van der Waals surface area contributed by atoms with Crippen LogP contribution < -0.4 is 10.3 Å². The number of hydrogen-bond donors (Lipinski definition) is 4. The fourth-order valence-corrected chi connectivity index (χ4v) is 4.14. The first kappa shape index (κ1) is 20.8. The van der Waals surface area contributed by atoms with E-state index < -0.39 is 31.1 Å². The number of aliphatic hydroxyl groups excluding tert-OH is 3. The highest BCUT2D eigenvalue weighted by Crippen LogP contribution is 2.32. The van der Waals surface area contributed by atoms with Gasteiger partial charge in [0.25, 0.3) is 0 Å². The second kappa shape index (κ2) is 8.79. The minimum Gasteiger partial charge on any atom is -0.394 e. The molecule has 11 nitrogen and oxygen atoms in total. The van der Waals surface area contributed by atoms with E-state index in [2.05, 4.69) is 42.5 Å². The molecule has 4 atom stereocenters. The third-order valence-corrected chi connectivity index (χ3v) is 5.90. The molecular formula is C21H25N7O4. The number of nitrogens with one attached hydrogen (secondary N) is 1. The molecule has 3 aromatic rings. The molecule has 4 heterocycles. The summed E-state index contributed by atoms with van der Waals surface area (Å²) in [7, 11) is 0. The number of nitrogens with zero attached hydrogens (tertiary/aromatic N) is 6. The van der Waals surface area contributed by atoms with Gasteiger partial charge in [0.05, 0.1) is 19.1 Å². The molecule has 4 N–H and O–H groups in total. The molecule has 2 aliphatic heterocycles. The van der Waals surface area contributed by atoms with Crippen LogP contribution in [-0.2, 0) is 4.74 Å². The summed E-state index contributed by atoms with van der Waals surface area (Å²) in [6.07, 6.45) is 2.75. The summed E-state index contributed by atoms with van der Waals surface area (Å²) in [5.74, 6) is 0.394. The van der Waals surface area contributed by atoms with Crippen LogP contribution in [-0.4, -0.2) is 79.1 Å². The Morgan fingerprint density at radius 2 is 1.88 bits per heavy atom. The van der Waals surface area contributed by atoms with Gasteiger partial charge in [-0.15, -0.1) is 0 Å². The largest absolute Gasteiger partial charge is 0.394 e. The number of hydrogen-bond acceptors (Lipinski definition) is 10. The molecule has 2 aliphatic rings. The van der Waals surface area contributed by atoms with Crippen molar-refractivity contribution in [3.63, 3.8) is 0 Å². The topological polar surface area (TPSA) is 141 Å². The Morgan fingerprint density at radius 3 is 2.59 bits per heavy atom. The maximum atomic E-state index is 10.3. The second-order valence-corrected chi connectivity index (χ2v) is 7.93. The molecule has 0 saturated carbocycles. The van der Waals surface area contributed by atoms with Crippen molar-refractivity contribution < 1.29 is 20.1 Å². The van der Waals surface area contributed by atoms with Crippen LogP contribution in [0.5, 0.6) is 0 Å². The number of imidazole rings is 1. The summed E-state index contributed by atoms with van der Waals surface area (Å²) >= 11 is 0. The standard InChI is InChI=1S/C21H25N7O4/c29-10-15-17(30)18(31)21(32-15)28-12-24-16-19(22-11-23-20(16)28)26-25-9-13-3-5-14(6-4-13)27-7-1-2-8-27/h3-6,9,11-12,15,17-18,21,29-31H,1-2,7-8,10H2,(H,22,23,26)/b25-9+/t15-,17?,18+,21-/m1/s1. The van der Waals surface area contributed by atoms with Crippen molar-refractivity contribution in [3.8, 4) is 0 Å². The lowest BCUT2D eigenvalue weighted by atomic mass is 10.1. The van der Waals surface area contributed by atoms with E-state index in [0.29, 0.717) is 17.0 Å². The first-order valence-corrected chi connectivity index (χ1v) is 10.6. The van der Waals surface area contributed by atoms with E-state index in [1.807, 2.05) is 12.1 Å². The van der Waals surface area contributed by atoms with Gasteiger partial charge in [-0.25, -0.2) is 15.0 Å². The van der Waals surface area contributed by atoms with Gasteiger partial charge in [-0.2, -0.15) is 5.10 Å². The van der Waals surface area contributed by atoms with E-state index in [0.717, 1.165) is 18.7 Å². The van der Waals surface area contributed by atoms with Crippen molar-refractivity contribution in [2.75, 3.05) is 30.0 Å². The lowest BCUT2D eigenvalue weighted by Crippen LogP contribution is -2.33. The Bertz CT molecular complexity index is 1100. The molecule has 0 bridgehead atoms. The fourth-order valence-electron chi connectivity index (χ4n) is 4.14. The molecular weight excluding hydrogens is 414 g/mol. The van der Waals surface area contributed by atoms with Crippen molar-refractivity contribution in [2.24, 2.45) is 5.10 Å². The van der Waals surface area contributed by atoms with Crippen LogP contribution in [0, 0.1) is 0 Å². The molecule has 5 rings (SSSR count). The summed E-state index contributed by atoms with van der Waals surface area (Å²) in [5, 5.41) is 33.9. The van der Waals surface area contributed by atoms with Gasteiger partial charge in [-0.3, -0.25) is 9.99 Å². The number of hydrazone groups is 1. The monoisotopic (exact) mass is 439 g/mol. The summed E-state index contributed by atoms with van der Waals surface area (Å²) in [6.45, 7) is 1.80. The Labute approximate surface area is 184 Å². The molecule has 0 amide bonds. The zero-order valence-corrected chi connectivity index (χ0v) is 17.3. The van der Waals surface area contributed by atoms with Gasteiger partial charge in [-0.05, 0) is 30.5 Å². The Balaban J connectivity index is 1.31. The van der Waals surface area contributed by atoms with Crippen molar-refractivity contribution in [1.29, 1.82) is 0 Å². The summed E-state index contributed by atoms with van der Waals surface area (Å²) in [4.78, 5) is 15.1. The van der Waals surface area contributed by atoms with Crippen LogP contribution in [0.2, 0.25) is 0 Å². The quantitative estimate of drug-likeness (QED) is 0.319. The maximum Gasteiger partial charge on any atom is 0.177 e. The van der Waals surface area contributed by atoms with Crippen LogP contribution in [0.4, 0.5) is 11.5 Å². The van der Waals surface area contributed by atoms with Gasteiger partial charge >= 0.3 is 0 Å². The van der Waals surface area contributed by atoms with Crippen molar-refractivity contribution >= 4 is 28.9 Å². The highest BCUT2D eigenvalue weighted by Gasteiger charge is 2.44. The molecule has 168 valence electrons. The lowest BCUT2D eigenvalue weighted by Gasteiger charge is -2.17. The summed E-state index contributed by atoms with van der Waals surface area (Å²) < 4.78 is 7.08. The molecule has 0 radical (unpaired) electrons. The van der Waals surface area contributed by atoms with Crippen LogP contribution in [0.1, 0.15) is 24.6 Å². The van der Waals surface area contributed by atoms with E-state index >= 15 is 0 Å². The molecule has 0 spiro atoms. The third kappa shape index (κ3) is 3.79. The number of aromatic nitrogens is 4. The maximum absolute atomic E-state index is 10.3. The van der Waals surface area contributed by atoms with Crippen LogP contribution in [0.25, 0.3) is 11.2 Å². The molecule has 11 heteroatoms. The van der Waals surface area contributed by atoms with Crippen LogP contribution in [0.3, 0.4) is 0 Å². The Kier molecular flexibility index (Phi) is 5.70. The summed E-state index contributed by atoms with van der Waals surface area (Å²) in [5.41, 5.74) is 5.90. The lowest BCUT2D eigenvalue weighted by molar-refractivity contribution is -0.0511. The number of benzene rings is 1. The highest BCUT2D eigenvalue weighted by atomic mass is 16.6. The SMILES string of the molecule is OC[C@H]1O[C@@H](n2cnc3c(N/N=C/c4ccc(N5CCCC5)cc4)ncnc32)[C@@H](O)C1O.